The van der Waals surface area contributed by atoms with Crippen LogP contribution in [-0.4, -0.2) is 55.3 Å². The van der Waals surface area contributed by atoms with Gasteiger partial charge in [0.15, 0.2) is 0 Å². The number of rotatable bonds is 10. The van der Waals surface area contributed by atoms with E-state index in [-0.39, 0.29) is 18.5 Å². The highest BCUT2D eigenvalue weighted by Gasteiger charge is 2.29. The number of carbonyl (C=O) groups is 1. The first kappa shape index (κ1) is 30.6. The average molecular weight is 579 g/mol. The Morgan fingerprint density at radius 2 is 1.83 bits per heavy atom. The Labute approximate surface area is 249 Å². The van der Waals surface area contributed by atoms with Gasteiger partial charge in [0, 0.05) is 54.9 Å². The third kappa shape index (κ3) is 7.70. The van der Waals surface area contributed by atoms with Gasteiger partial charge in [-0.3, -0.25) is 9.78 Å². The van der Waals surface area contributed by atoms with Crippen LogP contribution in [0.25, 0.3) is 11.1 Å². The lowest BCUT2D eigenvalue weighted by atomic mass is 9.82. The minimum atomic E-state index is -0.232. The normalized spacial score (nSPS) is 14.7. The number of piperidine rings is 1. The van der Waals surface area contributed by atoms with Crippen LogP contribution in [0.3, 0.4) is 0 Å². The monoisotopic (exact) mass is 578 g/mol. The second kappa shape index (κ2) is 13.1. The highest BCUT2D eigenvalue weighted by molar-refractivity contribution is 6.32. The summed E-state index contributed by atoms with van der Waals surface area (Å²) < 4.78 is 11.5. The number of hydrogen-bond acceptors (Lipinski definition) is 7. The fourth-order valence-electron chi connectivity index (χ4n) is 5.17. The first-order chi connectivity index (χ1) is 19.4. The maximum atomic E-state index is 12.8. The summed E-state index contributed by atoms with van der Waals surface area (Å²) in [7, 11) is 2.00. The van der Waals surface area contributed by atoms with Crippen molar-refractivity contribution in [3.05, 3.63) is 64.6 Å². The highest BCUT2D eigenvalue weighted by Crippen LogP contribution is 2.40. The number of carbonyl (C=O) groups excluding carboxylic acids is 1. The van der Waals surface area contributed by atoms with Crippen LogP contribution in [0.1, 0.15) is 57.4 Å². The van der Waals surface area contributed by atoms with Gasteiger partial charge in [-0.25, -0.2) is 4.98 Å². The van der Waals surface area contributed by atoms with Crippen LogP contribution in [-0.2, 0) is 16.0 Å². The summed E-state index contributed by atoms with van der Waals surface area (Å²) in [6.07, 6.45) is 6.01. The van der Waals surface area contributed by atoms with Crippen LogP contribution >= 0.6 is 11.6 Å². The molecule has 220 valence electrons. The van der Waals surface area contributed by atoms with Gasteiger partial charge < -0.3 is 19.3 Å². The third-order valence-electron chi connectivity index (χ3n) is 7.77. The van der Waals surface area contributed by atoms with Crippen LogP contribution in [0.4, 0.5) is 11.5 Å². The van der Waals surface area contributed by atoms with E-state index in [1.807, 2.05) is 71.4 Å². The maximum absolute atomic E-state index is 12.8. The second-order valence-electron chi connectivity index (χ2n) is 12.0. The summed E-state index contributed by atoms with van der Waals surface area (Å²) in [4.78, 5) is 26.8. The molecule has 7 nitrogen and oxygen atoms in total. The zero-order chi connectivity index (χ0) is 29.7. The Balaban J connectivity index is 1.57. The molecule has 41 heavy (non-hydrogen) atoms. The fourth-order valence-corrected chi connectivity index (χ4v) is 5.45. The molecule has 3 heterocycles. The topological polar surface area (TPSA) is 67.8 Å². The van der Waals surface area contributed by atoms with E-state index in [0.717, 1.165) is 71.1 Å². The van der Waals surface area contributed by atoms with E-state index >= 15 is 0 Å². The number of benzene rings is 1. The molecule has 0 bridgehead atoms. The van der Waals surface area contributed by atoms with Crippen LogP contribution in [0.5, 0.6) is 5.75 Å². The van der Waals surface area contributed by atoms with Crippen molar-refractivity contribution in [2.45, 2.75) is 66.9 Å². The van der Waals surface area contributed by atoms with Crippen LogP contribution < -0.4 is 14.5 Å². The van der Waals surface area contributed by atoms with Crippen molar-refractivity contribution < 1.29 is 14.3 Å². The molecule has 4 rings (SSSR count). The van der Waals surface area contributed by atoms with Gasteiger partial charge in [-0.1, -0.05) is 37.6 Å². The predicted molar refractivity (Wildman–Crippen MR) is 167 cm³/mol. The van der Waals surface area contributed by atoms with Crippen molar-refractivity contribution in [3.63, 3.8) is 0 Å². The number of halogens is 1. The third-order valence-corrected chi connectivity index (χ3v) is 8.07. The van der Waals surface area contributed by atoms with E-state index < -0.39 is 0 Å². The lowest BCUT2D eigenvalue weighted by molar-refractivity contribution is -0.146. The molecule has 0 saturated carbocycles. The Kier molecular flexibility index (Phi) is 9.80. The van der Waals surface area contributed by atoms with Crippen molar-refractivity contribution in [2.75, 3.05) is 43.1 Å². The average Bonchev–Trinajstić information content (AvgIpc) is 2.91. The van der Waals surface area contributed by atoms with E-state index in [0.29, 0.717) is 23.6 Å². The number of para-hydroxylation sites is 1. The molecule has 0 radical (unpaired) electrons. The standard InChI is InChI=1S/C33H43ClN4O3/c1-22(2)41-30(39)19-26-24(4)35-21-27(31(26)38-15-13-33(5,6)14-16-38)25-11-12-29(36-20-25)37(7)17-18-40-32-23(3)9-8-10-28(32)34/h8-12,20-22H,13-19H2,1-7H3. The van der Waals surface area contributed by atoms with Crippen molar-refractivity contribution in [3.8, 4) is 16.9 Å². The van der Waals surface area contributed by atoms with Gasteiger partial charge in [0.2, 0.25) is 0 Å². The summed E-state index contributed by atoms with van der Waals surface area (Å²) in [5, 5.41) is 0.617. The molecule has 0 N–H and O–H groups in total. The quantitative estimate of drug-likeness (QED) is 0.239. The van der Waals surface area contributed by atoms with E-state index in [2.05, 4.69) is 29.7 Å². The van der Waals surface area contributed by atoms with Gasteiger partial charge in [0.05, 0.1) is 29.8 Å². The number of esters is 1. The number of aromatic nitrogens is 2. The molecule has 1 aliphatic rings. The molecule has 0 unspecified atom stereocenters. The highest BCUT2D eigenvalue weighted by atomic mass is 35.5. The fraction of sp³-hybridized carbons (Fsp3) is 0.485. The van der Waals surface area contributed by atoms with Crippen molar-refractivity contribution in [2.24, 2.45) is 5.41 Å². The number of pyridine rings is 2. The molecule has 1 aromatic carbocycles. The number of hydrogen-bond donors (Lipinski definition) is 0. The van der Waals surface area contributed by atoms with Gasteiger partial charge in [-0.15, -0.1) is 0 Å². The SMILES string of the molecule is Cc1cccc(Cl)c1OCCN(C)c1ccc(-c2cnc(C)c(CC(=O)OC(C)C)c2N2CCC(C)(C)CC2)cn1. The molecule has 3 aromatic rings. The largest absolute Gasteiger partial charge is 0.490 e. The van der Waals surface area contributed by atoms with Crippen molar-refractivity contribution >= 4 is 29.1 Å². The van der Waals surface area contributed by atoms with Gasteiger partial charge in [-0.05, 0) is 69.7 Å². The van der Waals surface area contributed by atoms with Crippen LogP contribution in [0, 0.1) is 19.3 Å². The smallest absolute Gasteiger partial charge is 0.310 e. The van der Waals surface area contributed by atoms with Gasteiger partial charge in [0.25, 0.3) is 0 Å². The molecule has 0 aliphatic carbocycles. The molecule has 8 heteroatoms. The summed E-state index contributed by atoms with van der Waals surface area (Å²) >= 11 is 6.31. The Morgan fingerprint density at radius 3 is 2.46 bits per heavy atom. The second-order valence-corrected chi connectivity index (χ2v) is 12.4. The molecule has 2 aromatic heterocycles. The molecular formula is C33H43ClN4O3. The molecule has 0 amide bonds. The molecule has 1 saturated heterocycles. The molecule has 1 fully saturated rings. The van der Waals surface area contributed by atoms with Crippen molar-refractivity contribution in [1.29, 1.82) is 0 Å². The number of nitrogens with zero attached hydrogens (tertiary/aromatic N) is 4. The van der Waals surface area contributed by atoms with Gasteiger partial charge >= 0.3 is 5.97 Å². The Bertz CT molecular complexity index is 1330. The van der Waals surface area contributed by atoms with E-state index in [9.17, 15) is 4.79 Å². The number of likely N-dealkylation sites (N-methyl/N-ethyl adjacent to an activating group) is 1. The predicted octanol–water partition coefficient (Wildman–Crippen LogP) is 7.05. The Morgan fingerprint density at radius 1 is 1.10 bits per heavy atom. The van der Waals surface area contributed by atoms with Crippen LogP contribution in [0.15, 0.2) is 42.7 Å². The van der Waals surface area contributed by atoms with Gasteiger partial charge in [0.1, 0.15) is 18.2 Å². The minimum absolute atomic E-state index is 0.161. The number of ether oxygens (including phenoxy) is 2. The van der Waals surface area contributed by atoms with Gasteiger partial charge in [-0.2, -0.15) is 0 Å². The summed E-state index contributed by atoms with van der Waals surface area (Å²) in [5.74, 6) is 1.33. The first-order valence-corrected chi connectivity index (χ1v) is 14.8. The van der Waals surface area contributed by atoms with Crippen molar-refractivity contribution in [1.82, 2.24) is 9.97 Å². The molecule has 0 atom stereocenters. The lowest BCUT2D eigenvalue weighted by Gasteiger charge is -2.40. The lowest BCUT2D eigenvalue weighted by Crippen LogP contribution is -2.38. The molecule has 1 aliphatic heterocycles. The molecular weight excluding hydrogens is 536 g/mol. The van der Waals surface area contributed by atoms with E-state index in [1.165, 1.54) is 0 Å². The number of anilines is 2. The summed E-state index contributed by atoms with van der Waals surface area (Å²) in [6.45, 7) is 15.3. The first-order valence-electron chi connectivity index (χ1n) is 14.4. The summed E-state index contributed by atoms with van der Waals surface area (Å²) in [6, 6.07) is 9.85. The minimum Gasteiger partial charge on any atom is -0.490 e. The number of aryl methyl sites for hydroxylation is 2. The van der Waals surface area contributed by atoms with Crippen LogP contribution in [0.2, 0.25) is 5.02 Å². The Hall–Kier alpha value is -3.32. The molecule has 0 spiro atoms. The zero-order valence-electron chi connectivity index (χ0n) is 25.5. The summed E-state index contributed by atoms with van der Waals surface area (Å²) in [5.41, 5.74) is 6.13. The van der Waals surface area contributed by atoms with E-state index in [1.54, 1.807) is 0 Å². The maximum Gasteiger partial charge on any atom is 0.310 e. The zero-order valence-corrected chi connectivity index (χ0v) is 26.2. The van der Waals surface area contributed by atoms with E-state index in [4.69, 9.17) is 31.0 Å².